The molecule has 3 fully saturated rings. The van der Waals surface area contributed by atoms with E-state index in [0.717, 1.165) is 39.0 Å². The van der Waals surface area contributed by atoms with Gasteiger partial charge in [0, 0.05) is 36.9 Å². The van der Waals surface area contributed by atoms with Crippen molar-refractivity contribution in [3.63, 3.8) is 0 Å². The Balaban J connectivity index is 1.65. The topological polar surface area (TPSA) is 63.6 Å². The standard InChI is InChI=1S/C22H32Cl2N3O4P/c23-18-6-7-21(20(24)16-18)31-17-22(28)25-32(19-4-2-1-3-5-19,26-8-12-29-13-9-26)27-10-14-30-15-11-27/h6-7,16,19H,1-5,8-15,17H2. The summed E-state index contributed by atoms with van der Waals surface area (Å²) in [5.41, 5.74) is 0.399. The molecule has 0 radical (unpaired) electrons. The highest BCUT2D eigenvalue weighted by Crippen LogP contribution is 2.64. The van der Waals surface area contributed by atoms with E-state index >= 15 is 0 Å². The quantitative estimate of drug-likeness (QED) is 0.513. The van der Waals surface area contributed by atoms with Gasteiger partial charge in [-0.15, -0.1) is 0 Å². The smallest absolute Gasteiger partial charge is 0.284 e. The largest absolute Gasteiger partial charge is 0.482 e. The molecule has 1 aromatic carbocycles. The molecule has 1 aromatic rings. The highest BCUT2D eigenvalue weighted by molar-refractivity contribution is 7.62. The lowest BCUT2D eigenvalue weighted by atomic mass is 10.0. The number of nitrogens with zero attached hydrogens (tertiary/aromatic N) is 3. The van der Waals surface area contributed by atoms with E-state index in [1.807, 2.05) is 0 Å². The van der Waals surface area contributed by atoms with Crippen LogP contribution in [0.4, 0.5) is 0 Å². The zero-order valence-corrected chi connectivity index (χ0v) is 20.8. The highest BCUT2D eigenvalue weighted by Gasteiger charge is 2.43. The molecule has 1 saturated carbocycles. The summed E-state index contributed by atoms with van der Waals surface area (Å²) < 4.78 is 27.1. The van der Waals surface area contributed by atoms with E-state index in [0.29, 0.717) is 47.9 Å². The van der Waals surface area contributed by atoms with E-state index in [4.69, 9.17) is 42.2 Å². The maximum atomic E-state index is 13.3. The Labute approximate surface area is 200 Å². The van der Waals surface area contributed by atoms with Gasteiger partial charge in [0.05, 0.1) is 31.5 Å². The lowest BCUT2D eigenvalue weighted by Crippen LogP contribution is -2.47. The maximum absolute atomic E-state index is 13.3. The zero-order valence-electron chi connectivity index (χ0n) is 18.4. The van der Waals surface area contributed by atoms with Gasteiger partial charge in [0.1, 0.15) is 13.1 Å². The normalized spacial score (nSPS) is 21.9. The van der Waals surface area contributed by atoms with Crippen LogP contribution in [0.1, 0.15) is 32.1 Å². The van der Waals surface area contributed by atoms with E-state index in [9.17, 15) is 4.79 Å². The monoisotopic (exact) mass is 503 g/mol. The summed E-state index contributed by atoms with van der Waals surface area (Å²) in [5.74, 6) is 0.215. The molecule has 2 heterocycles. The third kappa shape index (κ3) is 5.69. The molecule has 0 unspecified atom stereocenters. The van der Waals surface area contributed by atoms with Gasteiger partial charge in [-0.3, -0.25) is 14.1 Å². The average molecular weight is 504 g/mol. The van der Waals surface area contributed by atoms with Crippen molar-refractivity contribution in [3.8, 4) is 5.75 Å². The molecule has 1 amide bonds. The van der Waals surface area contributed by atoms with Crippen LogP contribution in [0.5, 0.6) is 5.75 Å². The Kier molecular flexibility index (Phi) is 8.91. The van der Waals surface area contributed by atoms with Gasteiger partial charge in [0.25, 0.3) is 5.91 Å². The van der Waals surface area contributed by atoms with Crippen molar-refractivity contribution in [2.45, 2.75) is 37.8 Å². The molecule has 2 aliphatic heterocycles. The summed E-state index contributed by atoms with van der Waals surface area (Å²) in [4.78, 5) is 13.3. The number of morpholine rings is 2. The number of ether oxygens (including phenoxy) is 3. The van der Waals surface area contributed by atoms with Crippen molar-refractivity contribution < 1.29 is 19.0 Å². The molecule has 32 heavy (non-hydrogen) atoms. The van der Waals surface area contributed by atoms with Crippen molar-refractivity contribution in [2.24, 2.45) is 4.74 Å². The Morgan fingerprint density at radius 1 is 1.00 bits per heavy atom. The first-order valence-corrected chi connectivity index (χ1v) is 14.0. The van der Waals surface area contributed by atoms with Crippen molar-refractivity contribution in [1.29, 1.82) is 0 Å². The molecule has 4 rings (SSSR count). The number of rotatable bonds is 6. The van der Waals surface area contributed by atoms with Crippen LogP contribution in [0, 0.1) is 0 Å². The van der Waals surface area contributed by atoms with Gasteiger partial charge in [0.2, 0.25) is 0 Å². The lowest BCUT2D eigenvalue weighted by molar-refractivity contribution is -0.119. The number of benzene rings is 1. The van der Waals surface area contributed by atoms with Crippen LogP contribution < -0.4 is 4.74 Å². The molecule has 0 spiro atoms. The second kappa shape index (κ2) is 11.7. The minimum Gasteiger partial charge on any atom is -0.482 e. The second-order valence-electron chi connectivity index (χ2n) is 8.40. The van der Waals surface area contributed by atoms with Gasteiger partial charge in [-0.25, -0.2) is 0 Å². The van der Waals surface area contributed by atoms with Crippen molar-refractivity contribution in [3.05, 3.63) is 28.2 Å². The van der Waals surface area contributed by atoms with Crippen molar-refractivity contribution in [2.75, 3.05) is 59.2 Å². The summed E-state index contributed by atoms with van der Waals surface area (Å²) in [6, 6.07) is 5.00. The summed E-state index contributed by atoms with van der Waals surface area (Å²) in [7, 11) is -2.27. The van der Waals surface area contributed by atoms with Crippen LogP contribution in [0.25, 0.3) is 0 Å². The predicted molar refractivity (Wildman–Crippen MR) is 128 cm³/mol. The molecule has 178 valence electrons. The van der Waals surface area contributed by atoms with E-state index in [1.165, 1.54) is 19.3 Å². The van der Waals surface area contributed by atoms with Crippen LogP contribution in [0.2, 0.25) is 10.0 Å². The van der Waals surface area contributed by atoms with Gasteiger partial charge in [-0.1, -0.05) is 42.5 Å². The van der Waals surface area contributed by atoms with Crippen LogP contribution in [-0.4, -0.2) is 80.1 Å². The second-order valence-corrected chi connectivity index (χ2v) is 12.5. The number of carbonyl (C=O) groups is 1. The molecule has 0 aromatic heterocycles. The Bertz CT molecular complexity index is 786. The number of halogens is 2. The van der Waals surface area contributed by atoms with Gasteiger partial charge >= 0.3 is 0 Å². The minimum atomic E-state index is -2.27. The molecule has 2 saturated heterocycles. The van der Waals surface area contributed by atoms with Crippen molar-refractivity contribution in [1.82, 2.24) is 9.34 Å². The Morgan fingerprint density at radius 2 is 1.59 bits per heavy atom. The number of carbonyl (C=O) groups excluding carboxylic acids is 1. The van der Waals surface area contributed by atoms with Crippen LogP contribution in [0.3, 0.4) is 0 Å². The van der Waals surface area contributed by atoms with Gasteiger partial charge in [0.15, 0.2) is 6.61 Å². The average Bonchev–Trinajstić information content (AvgIpc) is 2.84. The van der Waals surface area contributed by atoms with E-state index in [2.05, 4.69) is 9.34 Å². The summed E-state index contributed by atoms with van der Waals surface area (Å²) >= 11 is 12.2. The van der Waals surface area contributed by atoms with E-state index in [-0.39, 0.29) is 12.5 Å². The van der Waals surface area contributed by atoms with Crippen LogP contribution >= 0.6 is 30.6 Å². The van der Waals surface area contributed by atoms with E-state index < -0.39 is 7.36 Å². The third-order valence-electron chi connectivity index (χ3n) is 6.38. The van der Waals surface area contributed by atoms with E-state index in [1.54, 1.807) is 18.2 Å². The fourth-order valence-electron chi connectivity index (χ4n) is 4.90. The number of hydrogen-bond donors (Lipinski definition) is 0. The molecule has 0 N–H and O–H groups in total. The minimum absolute atomic E-state index is 0.134. The summed E-state index contributed by atoms with van der Waals surface area (Å²) in [5, 5.41) is 0.917. The first-order valence-electron chi connectivity index (χ1n) is 11.5. The fraction of sp³-hybridized carbons (Fsp3) is 0.682. The molecule has 3 aliphatic rings. The van der Waals surface area contributed by atoms with Crippen LogP contribution in [0.15, 0.2) is 22.9 Å². The molecule has 0 bridgehead atoms. The molecular formula is C22H32Cl2N3O4P. The SMILES string of the molecule is O=C(COc1ccc(Cl)cc1Cl)N=P(C1CCCCC1)(N1CCOCC1)N1CCOCC1. The maximum Gasteiger partial charge on any atom is 0.284 e. The summed E-state index contributed by atoms with van der Waals surface area (Å²) in [6.07, 6.45) is 5.88. The zero-order chi connectivity index (χ0) is 22.4. The van der Waals surface area contributed by atoms with Crippen molar-refractivity contribution >= 4 is 36.5 Å². The van der Waals surface area contributed by atoms with Gasteiger partial charge in [-0.2, -0.15) is 4.74 Å². The first kappa shape index (κ1) is 24.5. The molecule has 1 aliphatic carbocycles. The van der Waals surface area contributed by atoms with Gasteiger partial charge < -0.3 is 14.2 Å². The Hall–Kier alpha value is -0.660. The number of amides is 1. The highest BCUT2D eigenvalue weighted by atomic mass is 35.5. The number of hydrogen-bond acceptors (Lipinski definition) is 4. The first-order chi connectivity index (χ1) is 15.6. The molecule has 7 nitrogen and oxygen atoms in total. The fourth-order valence-corrected chi connectivity index (χ4v) is 10.0. The third-order valence-corrected chi connectivity index (χ3v) is 11.4. The Morgan fingerprint density at radius 3 is 2.16 bits per heavy atom. The van der Waals surface area contributed by atoms with Crippen LogP contribution in [-0.2, 0) is 14.3 Å². The lowest BCUT2D eigenvalue weighted by Gasteiger charge is -2.50. The van der Waals surface area contributed by atoms with Gasteiger partial charge in [-0.05, 0) is 31.0 Å². The predicted octanol–water partition coefficient (Wildman–Crippen LogP) is 4.93. The summed E-state index contributed by atoms with van der Waals surface area (Å²) in [6.45, 7) is 5.82. The molecular weight excluding hydrogens is 472 g/mol. The molecule has 0 atom stereocenters. The molecule has 10 heteroatoms.